The van der Waals surface area contributed by atoms with E-state index in [1.165, 1.54) is 6.08 Å². The molecular formula is C14H14F3NO. The molecule has 2 rings (SSSR count). The Morgan fingerprint density at radius 1 is 1.16 bits per heavy atom. The van der Waals surface area contributed by atoms with Crippen LogP contribution in [-0.4, -0.2) is 6.36 Å². The molecule has 1 aromatic carbocycles. The van der Waals surface area contributed by atoms with Crippen LogP contribution in [0.15, 0.2) is 36.1 Å². The first-order valence-electron chi connectivity index (χ1n) is 5.87. The van der Waals surface area contributed by atoms with Gasteiger partial charge in [0.2, 0.25) is 0 Å². The minimum atomic E-state index is -4.62. The number of nitrogens with two attached hydrogens (primary N) is 1. The molecule has 1 aliphatic rings. The molecule has 2 nitrogen and oxygen atoms in total. The number of rotatable bonds is 2. The van der Waals surface area contributed by atoms with Gasteiger partial charge in [0, 0.05) is 12.1 Å². The van der Waals surface area contributed by atoms with Crippen molar-refractivity contribution >= 4 is 11.3 Å². The van der Waals surface area contributed by atoms with Gasteiger partial charge in [-0.3, -0.25) is 0 Å². The van der Waals surface area contributed by atoms with Gasteiger partial charge in [-0.15, -0.1) is 13.2 Å². The van der Waals surface area contributed by atoms with E-state index in [4.69, 9.17) is 5.73 Å². The lowest BCUT2D eigenvalue weighted by molar-refractivity contribution is -0.306. The Labute approximate surface area is 109 Å². The number of hydrogen-bond donors (Lipinski definition) is 1. The fraction of sp³-hybridized carbons (Fsp3) is 0.286. The lowest BCUT2D eigenvalue weighted by Gasteiger charge is -2.18. The third-order valence-corrected chi connectivity index (χ3v) is 2.95. The predicted molar refractivity (Wildman–Crippen MR) is 68.0 cm³/mol. The van der Waals surface area contributed by atoms with Crippen molar-refractivity contribution in [2.45, 2.75) is 26.1 Å². The average Bonchev–Trinajstić information content (AvgIpc) is 2.28. The van der Waals surface area contributed by atoms with Crippen molar-refractivity contribution in [2.75, 3.05) is 5.73 Å². The SMILES string of the molecule is Cc1cc(N)ccc1C1=CC=C(OC(F)(F)F)CC1. The van der Waals surface area contributed by atoms with E-state index in [9.17, 15) is 13.2 Å². The zero-order valence-corrected chi connectivity index (χ0v) is 10.4. The molecule has 0 fully saturated rings. The van der Waals surface area contributed by atoms with Gasteiger partial charge in [-0.05, 0) is 48.3 Å². The van der Waals surface area contributed by atoms with Crippen LogP contribution >= 0.6 is 0 Å². The van der Waals surface area contributed by atoms with Crippen LogP contribution in [0.4, 0.5) is 18.9 Å². The molecule has 19 heavy (non-hydrogen) atoms. The monoisotopic (exact) mass is 269 g/mol. The molecule has 102 valence electrons. The Balaban J connectivity index is 2.20. The summed E-state index contributed by atoms with van der Waals surface area (Å²) in [4.78, 5) is 0. The Morgan fingerprint density at radius 3 is 2.42 bits per heavy atom. The van der Waals surface area contributed by atoms with E-state index in [1.54, 1.807) is 12.1 Å². The van der Waals surface area contributed by atoms with Crippen molar-refractivity contribution in [1.29, 1.82) is 0 Å². The van der Waals surface area contributed by atoms with Crippen molar-refractivity contribution in [3.8, 4) is 0 Å². The molecule has 5 heteroatoms. The van der Waals surface area contributed by atoms with E-state index in [0.717, 1.165) is 16.7 Å². The molecule has 2 N–H and O–H groups in total. The normalized spacial score (nSPS) is 15.8. The summed E-state index contributed by atoms with van der Waals surface area (Å²) in [5, 5.41) is 0. The van der Waals surface area contributed by atoms with Gasteiger partial charge in [0.05, 0.1) is 0 Å². The van der Waals surface area contributed by atoms with Crippen LogP contribution in [0, 0.1) is 6.92 Å². The van der Waals surface area contributed by atoms with Crippen molar-refractivity contribution < 1.29 is 17.9 Å². The van der Waals surface area contributed by atoms with E-state index in [1.807, 2.05) is 19.1 Å². The lowest BCUT2D eigenvalue weighted by atomic mass is 9.93. The standard InChI is InChI=1S/C14H14F3NO/c1-9-8-11(18)4-7-13(9)10-2-5-12(6-3-10)19-14(15,16)17/h2,4-5,7-8H,3,6,18H2,1H3. The third-order valence-electron chi connectivity index (χ3n) is 2.95. The molecule has 0 saturated heterocycles. The molecule has 0 atom stereocenters. The molecule has 1 aromatic rings. The zero-order chi connectivity index (χ0) is 14.0. The molecular weight excluding hydrogens is 255 g/mol. The quantitative estimate of drug-likeness (QED) is 0.818. The number of benzene rings is 1. The third kappa shape index (κ3) is 3.53. The number of aryl methyl sites for hydroxylation is 1. The molecule has 0 aromatic heterocycles. The zero-order valence-electron chi connectivity index (χ0n) is 10.4. The topological polar surface area (TPSA) is 35.2 Å². The summed E-state index contributed by atoms with van der Waals surface area (Å²) < 4.78 is 40.1. The summed E-state index contributed by atoms with van der Waals surface area (Å²) in [5.74, 6) is -0.0515. The number of anilines is 1. The first-order valence-corrected chi connectivity index (χ1v) is 5.87. The highest BCUT2D eigenvalue weighted by Crippen LogP contribution is 2.32. The second-order valence-corrected chi connectivity index (χ2v) is 4.45. The van der Waals surface area contributed by atoms with Gasteiger partial charge in [0.25, 0.3) is 0 Å². The van der Waals surface area contributed by atoms with Gasteiger partial charge in [-0.2, -0.15) is 0 Å². The molecule has 0 unspecified atom stereocenters. The minimum Gasteiger partial charge on any atom is -0.410 e. The highest BCUT2D eigenvalue weighted by atomic mass is 19.4. The number of ether oxygens (including phenoxy) is 1. The second kappa shape index (κ2) is 4.99. The molecule has 0 aliphatic heterocycles. The maximum absolute atomic E-state index is 12.1. The number of hydrogen-bond acceptors (Lipinski definition) is 2. The van der Waals surface area contributed by atoms with Crippen molar-refractivity contribution in [2.24, 2.45) is 0 Å². The summed E-state index contributed by atoms with van der Waals surface area (Å²) in [6, 6.07) is 5.52. The van der Waals surface area contributed by atoms with Gasteiger partial charge in [0.1, 0.15) is 5.76 Å². The maximum atomic E-state index is 12.1. The highest BCUT2D eigenvalue weighted by Gasteiger charge is 2.32. The van der Waals surface area contributed by atoms with Crippen LogP contribution in [0.2, 0.25) is 0 Å². The second-order valence-electron chi connectivity index (χ2n) is 4.45. The van der Waals surface area contributed by atoms with E-state index in [2.05, 4.69) is 4.74 Å². The Morgan fingerprint density at radius 2 is 1.89 bits per heavy atom. The molecule has 0 radical (unpaired) electrons. The van der Waals surface area contributed by atoms with E-state index in [0.29, 0.717) is 12.1 Å². The van der Waals surface area contributed by atoms with Crippen LogP contribution in [0.25, 0.3) is 5.57 Å². The first kappa shape index (κ1) is 13.5. The number of alkyl halides is 3. The Hall–Kier alpha value is -1.91. The molecule has 0 heterocycles. The predicted octanol–water partition coefficient (Wildman–Crippen LogP) is 4.17. The van der Waals surface area contributed by atoms with E-state index < -0.39 is 6.36 Å². The number of nitrogen functional groups attached to an aromatic ring is 1. The smallest absolute Gasteiger partial charge is 0.410 e. The fourth-order valence-electron chi connectivity index (χ4n) is 2.12. The average molecular weight is 269 g/mol. The lowest BCUT2D eigenvalue weighted by Crippen LogP contribution is -2.13. The number of halogens is 3. The van der Waals surface area contributed by atoms with Gasteiger partial charge in [-0.25, -0.2) is 0 Å². The summed E-state index contributed by atoms with van der Waals surface area (Å²) in [5.41, 5.74) is 9.36. The van der Waals surface area contributed by atoms with E-state index in [-0.39, 0.29) is 12.2 Å². The molecule has 0 amide bonds. The molecule has 0 saturated carbocycles. The van der Waals surface area contributed by atoms with Crippen molar-refractivity contribution in [3.63, 3.8) is 0 Å². The van der Waals surface area contributed by atoms with Crippen molar-refractivity contribution in [1.82, 2.24) is 0 Å². The first-order chi connectivity index (χ1) is 8.85. The summed E-state index contributed by atoms with van der Waals surface area (Å²) in [6.45, 7) is 1.93. The van der Waals surface area contributed by atoms with Gasteiger partial charge in [-0.1, -0.05) is 12.1 Å². The fourth-order valence-corrected chi connectivity index (χ4v) is 2.12. The maximum Gasteiger partial charge on any atom is 0.572 e. The van der Waals surface area contributed by atoms with Crippen LogP contribution in [0.3, 0.4) is 0 Å². The summed E-state index contributed by atoms with van der Waals surface area (Å²) >= 11 is 0. The van der Waals surface area contributed by atoms with Crippen LogP contribution in [0.5, 0.6) is 0 Å². The van der Waals surface area contributed by atoms with Gasteiger partial charge in [0.15, 0.2) is 0 Å². The van der Waals surface area contributed by atoms with Crippen LogP contribution in [-0.2, 0) is 4.74 Å². The Kier molecular flexibility index (Phi) is 3.55. The largest absolute Gasteiger partial charge is 0.572 e. The van der Waals surface area contributed by atoms with Crippen LogP contribution in [0.1, 0.15) is 24.0 Å². The number of allylic oxidation sites excluding steroid dienone is 4. The van der Waals surface area contributed by atoms with Crippen molar-refractivity contribution in [3.05, 3.63) is 47.2 Å². The van der Waals surface area contributed by atoms with Gasteiger partial charge < -0.3 is 10.5 Å². The molecule has 1 aliphatic carbocycles. The summed E-state index contributed by atoms with van der Waals surface area (Å²) in [6.07, 6.45) is -0.804. The van der Waals surface area contributed by atoms with Gasteiger partial charge >= 0.3 is 6.36 Å². The molecule has 0 bridgehead atoms. The highest BCUT2D eigenvalue weighted by molar-refractivity contribution is 5.72. The Bertz CT molecular complexity index is 544. The van der Waals surface area contributed by atoms with Crippen LogP contribution < -0.4 is 5.73 Å². The van der Waals surface area contributed by atoms with E-state index >= 15 is 0 Å². The minimum absolute atomic E-state index is 0.0515. The summed E-state index contributed by atoms with van der Waals surface area (Å²) in [7, 11) is 0. The molecule has 0 spiro atoms.